The number of hydrogen-bond donors (Lipinski definition) is 1. The molecule has 1 amide bonds. The Morgan fingerprint density at radius 2 is 2.00 bits per heavy atom. The smallest absolute Gasteiger partial charge is 0.226 e. The van der Waals surface area contributed by atoms with Crippen molar-refractivity contribution in [1.82, 2.24) is 4.98 Å². The third kappa shape index (κ3) is 5.55. The molecule has 33 heavy (non-hydrogen) atoms. The number of hydrogen-bond acceptors (Lipinski definition) is 7. The van der Waals surface area contributed by atoms with Gasteiger partial charge < -0.3 is 14.5 Å². The molecule has 0 saturated heterocycles. The van der Waals surface area contributed by atoms with Crippen LogP contribution in [-0.4, -0.2) is 31.7 Å². The van der Waals surface area contributed by atoms with Crippen molar-refractivity contribution in [2.75, 3.05) is 17.7 Å². The van der Waals surface area contributed by atoms with Crippen LogP contribution in [0.15, 0.2) is 63.2 Å². The molecule has 7 nitrogen and oxygen atoms in total. The van der Waals surface area contributed by atoms with E-state index in [1.54, 1.807) is 5.38 Å². The molecule has 0 aliphatic rings. The number of carbonyl (C=O) groups excluding carboxylic acids is 1. The number of fused-ring (bicyclic) bond motifs is 1. The fourth-order valence-electron chi connectivity index (χ4n) is 3.24. The second-order valence-corrected chi connectivity index (χ2v) is 10.6. The first-order chi connectivity index (χ1) is 15.9. The minimum atomic E-state index is -3.47. The van der Waals surface area contributed by atoms with Gasteiger partial charge in [0.15, 0.2) is 32.1 Å². The lowest BCUT2D eigenvalue weighted by molar-refractivity contribution is -0.116. The number of furan rings is 1. The fraction of sp³-hybridized carbons (Fsp3) is 0.217. The lowest BCUT2D eigenvalue weighted by atomic mass is 10.2. The van der Waals surface area contributed by atoms with Crippen molar-refractivity contribution in [3.63, 3.8) is 0 Å². The van der Waals surface area contributed by atoms with Gasteiger partial charge in [-0.2, -0.15) is 0 Å². The van der Waals surface area contributed by atoms with E-state index in [0.29, 0.717) is 39.5 Å². The van der Waals surface area contributed by atoms with Crippen LogP contribution < -0.4 is 10.1 Å². The zero-order valence-electron chi connectivity index (χ0n) is 17.7. The number of anilines is 1. The molecule has 0 spiro atoms. The van der Waals surface area contributed by atoms with Crippen molar-refractivity contribution in [1.29, 1.82) is 0 Å². The van der Waals surface area contributed by atoms with Crippen molar-refractivity contribution >= 4 is 54.8 Å². The fourth-order valence-corrected chi connectivity index (χ4v) is 5.39. The summed E-state index contributed by atoms with van der Waals surface area (Å²) in [5, 5.41) is 6.29. The number of benzene rings is 2. The molecule has 172 valence electrons. The summed E-state index contributed by atoms with van der Waals surface area (Å²) < 4.78 is 36.3. The molecule has 0 saturated carbocycles. The molecule has 10 heteroatoms. The molecule has 0 fully saturated rings. The number of sulfone groups is 1. The van der Waals surface area contributed by atoms with Gasteiger partial charge in [-0.15, -0.1) is 11.3 Å². The number of amides is 1. The molecule has 2 aromatic heterocycles. The highest BCUT2D eigenvalue weighted by Crippen LogP contribution is 2.34. The number of carbonyl (C=O) groups is 1. The second-order valence-electron chi connectivity index (χ2n) is 7.18. The zero-order chi connectivity index (χ0) is 23.4. The second kappa shape index (κ2) is 9.94. The Morgan fingerprint density at radius 1 is 1.21 bits per heavy atom. The molecular weight excluding hydrogens is 484 g/mol. The molecule has 2 aromatic carbocycles. The normalized spacial score (nSPS) is 11.6. The molecule has 0 aliphatic heterocycles. The number of aromatic nitrogens is 1. The average Bonchev–Trinajstić information content (AvgIpc) is 3.41. The Balaban J connectivity index is 1.36. The summed E-state index contributed by atoms with van der Waals surface area (Å²) >= 11 is 7.07. The van der Waals surface area contributed by atoms with Gasteiger partial charge in [0.25, 0.3) is 0 Å². The zero-order valence-corrected chi connectivity index (χ0v) is 20.1. The standard InChI is InChI=1S/C23H21ClN2O5S2/c1-2-30-19-6-3-5-15-13-20(31-22(15)19)18-14-32-23(25-18)26-21(27)7-4-12-33(28,29)17-10-8-16(24)9-11-17/h3,5-6,8-11,13-14H,2,4,7,12H2,1H3,(H,25,26,27). The predicted octanol–water partition coefficient (Wildman–Crippen LogP) is 5.80. The van der Waals surface area contributed by atoms with Gasteiger partial charge in [0.1, 0.15) is 5.69 Å². The lowest BCUT2D eigenvalue weighted by Gasteiger charge is -2.05. The van der Waals surface area contributed by atoms with E-state index in [-0.39, 0.29) is 29.4 Å². The van der Waals surface area contributed by atoms with Crippen LogP contribution in [0.5, 0.6) is 5.75 Å². The topological polar surface area (TPSA) is 98.5 Å². The van der Waals surface area contributed by atoms with E-state index in [1.165, 1.54) is 35.6 Å². The van der Waals surface area contributed by atoms with Crippen LogP contribution in [-0.2, 0) is 14.6 Å². The van der Waals surface area contributed by atoms with E-state index < -0.39 is 9.84 Å². The first-order valence-corrected chi connectivity index (χ1v) is 13.2. The molecule has 2 heterocycles. The van der Waals surface area contributed by atoms with Crippen LogP contribution in [0.2, 0.25) is 5.02 Å². The Morgan fingerprint density at radius 3 is 2.76 bits per heavy atom. The van der Waals surface area contributed by atoms with Gasteiger partial charge >= 0.3 is 0 Å². The van der Waals surface area contributed by atoms with Gasteiger partial charge in [0.2, 0.25) is 5.91 Å². The minimum absolute atomic E-state index is 0.0596. The number of ether oxygens (including phenoxy) is 1. The monoisotopic (exact) mass is 504 g/mol. The largest absolute Gasteiger partial charge is 0.490 e. The molecule has 0 radical (unpaired) electrons. The van der Waals surface area contributed by atoms with E-state index in [0.717, 1.165) is 5.39 Å². The number of halogens is 1. The molecule has 0 unspecified atom stereocenters. The highest BCUT2D eigenvalue weighted by Gasteiger charge is 2.17. The van der Waals surface area contributed by atoms with E-state index >= 15 is 0 Å². The number of thiazole rings is 1. The number of nitrogens with one attached hydrogen (secondary N) is 1. The van der Waals surface area contributed by atoms with Crippen LogP contribution in [0.1, 0.15) is 19.8 Å². The van der Waals surface area contributed by atoms with Gasteiger partial charge in [-0.05, 0) is 49.7 Å². The van der Waals surface area contributed by atoms with Crippen LogP contribution in [0, 0.1) is 0 Å². The molecular formula is C23H21ClN2O5S2. The lowest BCUT2D eigenvalue weighted by Crippen LogP contribution is -2.14. The summed E-state index contributed by atoms with van der Waals surface area (Å²) in [6.45, 7) is 2.44. The Kier molecular flexibility index (Phi) is 7.02. The first-order valence-electron chi connectivity index (χ1n) is 10.2. The maximum absolute atomic E-state index is 12.4. The van der Waals surface area contributed by atoms with Gasteiger partial charge in [0.05, 0.1) is 17.3 Å². The van der Waals surface area contributed by atoms with Crippen LogP contribution in [0.4, 0.5) is 5.13 Å². The summed E-state index contributed by atoms with van der Waals surface area (Å²) in [7, 11) is -3.47. The van der Waals surface area contributed by atoms with Crippen molar-refractivity contribution in [3.05, 3.63) is 58.9 Å². The third-order valence-corrected chi connectivity index (χ3v) is 7.63. The van der Waals surface area contributed by atoms with Crippen LogP contribution >= 0.6 is 22.9 Å². The Bertz CT molecular complexity index is 1380. The number of rotatable bonds is 9. The van der Waals surface area contributed by atoms with E-state index in [4.69, 9.17) is 20.8 Å². The number of para-hydroxylation sites is 1. The highest BCUT2D eigenvalue weighted by molar-refractivity contribution is 7.91. The molecule has 4 aromatic rings. The van der Waals surface area contributed by atoms with Gasteiger partial charge in [-0.25, -0.2) is 13.4 Å². The SMILES string of the molecule is CCOc1cccc2cc(-c3csc(NC(=O)CCCS(=O)(=O)c4ccc(Cl)cc4)n3)oc12. The average molecular weight is 505 g/mol. The first kappa shape index (κ1) is 23.3. The van der Waals surface area contributed by atoms with Gasteiger partial charge in [0, 0.05) is 22.2 Å². The molecule has 0 aliphatic carbocycles. The van der Waals surface area contributed by atoms with Crippen molar-refractivity contribution in [2.45, 2.75) is 24.7 Å². The highest BCUT2D eigenvalue weighted by atomic mass is 35.5. The Labute approximate surface area is 200 Å². The summed E-state index contributed by atoms with van der Waals surface area (Å²) in [6.07, 6.45) is 0.253. The maximum Gasteiger partial charge on any atom is 0.226 e. The summed E-state index contributed by atoms with van der Waals surface area (Å²) in [6, 6.07) is 13.5. The summed E-state index contributed by atoms with van der Waals surface area (Å²) in [5.41, 5.74) is 1.24. The summed E-state index contributed by atoms with van der Waals surface area (Å²) in [4.78, 5) is 16.9. The van der Waals surface area contributed by atoms with E-state index in [1.807, 2.05) is 31.2 Å². The molecule has 0 bridgehead atoms. The van der Waals surface area contributed by atoms with Crippen molar-refractivity contribution in [3.8, 4) is 17.2 Å². The van der Waals surface area contributed by atoms with Crippen molar-refractivity contribution in [2.24, 2.45) is 0 Å². The third-order valence-electron chi connectivity index (χ3n) is 4.80. The molecule has 4 rings (SSSR count). The van der Waals surface area contributed by atoms with Crippen molar-refractivity contribution < 1.29 is 22.4 Å². The van der Waals surface area contributed by atoms with E-state index in [2.05, 4.69) is 10.3 Å². The quantitative estimate of drug-likeness (QED) is 0.309. The number of nitrogens with zero attached hydrogens (tertiary/aromatic N) is 1. The van der Waals surface area contributed by atoms with E-state index in [9.17, 15) is 13.2 Å². The molecule has 0 atom stereocenters. The van der Waals surface area contributed by atoms with Gasteiger partial charge in [-0.3, -0.25) is 4.79 Å². The summed E-state index contributed by atoms with van der Waals surface area (Å²) in [5.74, 6) is 0.804. The minimum Gasteiger partial charge on any atom is -0.490 e. The Hall–Kier alpha value is -2.88. The predicted molar refractivity (Wildman–Crippen MR) is 130 cm³/mol. The molecule has 1 N–H and O–H groups in total. The van der Waals surface area contributed by atoms with Crippen LogP contribution in [0.25, 0.3) is 22.4 Å². The van der Waals surface area contributed by atoms with Crippen LogP contribution in [0.3, 0.4) is 0 Å². The van der Waals surface area contributed by atoms with Gasteiger partial charge in [-0.1, -0.05) is 23.7 Å². The maximum atomic E-state index is 12.4.